The number of fused-ring (bicyclic) bond motifs is 1. The molecule has 0 aromatic heterocycles. The lowest BCUT2D eigenvalue weighted by atomic mass is 9.85. The standard InChI is InChI=1S/C27H30FN5O2/c1-5-32(17-19(2)29)23-12-6-20(16-24(23)35-4)7-13-25-30-26(34)27(18-31(3)14-15-33(25)27)21-8-10-22(28)11-9-21/h5-13,16-17H,1,14-15,18,29H2,2-4H3/b13-7+,19-17-. The average Bonchev–Trinajstić information content (AvgIpc) is 3.12. The number of hydrogen-bond acceptors (Lipinski definition) is 6. The summed E-state index contributed by atoms with van der Waals surface area (Å²) in [5.41, 5.74) is 7.92. The molecule has 7 nitrogen and oxygen atoms in total. The minimum absolute atomic E-state index is 0.242. The Kier molecular flexibility index (Phi) is 6.75. The van der Waals surface area contributed by atoms with E-state index in [2.05, 4.69) is 16.5 Å². The van der Waals surface area contributed by atoms with Gasteiger partial charge in [-0.1, -0.05) is 30.9 Å². The van der Waals surface area contributed by atoms with Crippen molar-refractivity contribution in [3.05, 3.63) is 90.2 Å². The van der Waals surface area contributed by atoms with E-state index in [1.807, 2.05) is 42.3 Å². The molecular formula is C27H30FN5O2. The molecule has 0 aliphatic carbocycles. The number of allylic oxidation sites excluding steroid dienone is 1. The summed E-state index contributed by atoms with van der Waals surface area (Å²) in [6, 6.07) is 11.9. The van der Waals surface area contributed by atoms with E-state index in [1.54, 1.807) is 43.5 Å². The largest absolute Gasteiger partial charge is 0.495 e. The van der Waals surface area contributed by atoms with Crippen LogP contribution >= 0.6 is 0 Å². The second-order valence-electron chi connectivity index (χ2n) is 8.76. The maximum atomic E-state index is 13.6. The van der Waals surface area contributed by atoms with Gasteiger partial charge in [0.15, 0.2) is 5.54 Å². The van der Waals surface area contributed by atoms with Gasteiger partial charge in [0.2, 0.25) is 0 Å². The number of aliphatic imine (C=N–C) groups is 1. The lowest BCUT2D eigenvalue weighted by molar-refractivity contribution is -0.128. The summed E-state index contributed by atoms with van der Waals surface area (Å²) >= 11 is 0. The molecule has 8 heteroatoms. The van der Waals surface area contributed by atoms with Gasteiger partial charge in [-0.15, -0.1) is 0 Å². The van der Waals surface area contributed by atoms with Crippen molar-refractivity contribution in [3.63, 3.8) is 0 Å². The van der Waals surface area contributed by atoms with Gasteiger partial charge in [0.25, 0.3) is 5.91 Å². The zero-order valence-electron chi connectivity index (χ0n) is 20.2. The number of rotatable bonds is 7. The fraction of sp³-hybridized carbons (Fsp3) is 0.259. The molecule has 2 heterocycles. The Hall–Kier alpha value is -3.91. The number of carbonyl (C=O) groups is 1. The Morgan fingerprint density at radius 2 is 1.97 bits per heavy atom. The van der Waals surface area contributed by atoms with E-state index in [-0.39, 0.29) is 11.7 Å². The quantitative estimate of drug-likeness (QED) is 0.658. The first-order valence-corrected chi connectivity index (χ1v) is 11.3. The predicted octanol–water partition coefficient (Wildman–Crippen LogP) is 3.70. The molecule has 2 aliphatic heterocycles. The molecule has 0 bridgehead atoms. The number of amidine groups is 1. The molecule has 2 aromatic rings. The van der Waals surface area contributed by atoms with Crippen LogP contribution in [0.25, 0.3) is 6.08 Å². The number of anilines is 1. The Morgan fingerprint density at radius 3 is 2.63 bits per heavy atom. The second kappa shape index (κ2) is 9.76. The Bertz CT molecular complexity index is 1220. The number of methoxy groups -OCH3 is 1. The van der Waals surface area contributed by atoms with E-state index in [1.165, 1.54) is 12.1 Å². The fourth-order valence-corrected chi connectivity index (χ4v) is 4.61. The third-order valence-corrected chi connectivity index (χ3v) is 6.28. The molecule has 1 atom stereocenters. The van der Waals surface area contributed by atoms with Crippen LogP contribution in [-0.4, -0.2) is 55.3 Å². The number of nitrogens with zero attached hydrogens (tertiary/aromatic N) is 4. The SMILES string of the molecule is C=CN(/C=C(/C)N)c1ccc(/C=C/C2=NC(=O)C3(c4ccc(F)cc4)CN(C)CCN23)cc1OC. The van der Waals surface area contributed by atoms with E-state index in [0.717, 1.165) is 23.4 Å². The number of benzene rings is 2. The monoisotopic (exact) mass is 475 g/mol. The third-order valence-electron chi connectivity index (χ3n) is 6.28. The van der Waals surface area contributed by atoms with Crippen molar-refractivity contribution in [2.24, 2.45) is 10.7 Å². The van der Waals surface area contributed by atoms with Crippen molar-refractivity contribution in [2.75, 3.05) is 38.7 Å². The van der Waals surface area contributed by atoms with Crippen LogP contribution in [0.15, 0.2) is 78.2 Å². The van der Waals surface area contributed by atoms with E-state index < -0.39 is 5.54 Å². The molecule has 35 heavy (non-hydrogen) atoms. The molecule has 1 unspecified atom stereocenters. The molecule has 1 fully saturated rings. The number of ether oxygens (including phenoxy) is 1. The highest BCUT2D eigenvalue weighted by atomic mass is 19.1. The van der Waals surface area contributed by atoms with Crippen LogP contribution in [0.4, 0.5) is 10.1 Å². The molecule has 0 radical (unpaired) electrons. The Labute approximate surface area is 205 Å². The van der Waals surface area contributed by atoms with Crippen LogP contribution in [-0.2, 0) is 10.3 Å². The summed E-state index contributed by atoms with van der Waals surface area (Å²) in [5.74, 6) is 0.657. The maximum absolute atomic E-state index is 13.6. The minimum Gasteiger partial charge on any atom is -0.495 e. The number of hydrogen-bond donors (Lipinski definition) is 1. The highest BCUT2D eigenvalue weighted by Gasteiger charge is 2.53. The van der Waals surface area contributed by atoms with Gasteiger partial charge in [-0.3, -0.25) is 4.79 Å². The summed E-state index contributed by atoms with van der Waals surface area (Å²) in [4.78, 5) is 23.6. The zero-order chi connectivity index (χ0) is 25.2. The van der Waals surface area contributed by atoms with Crippen molar-refractivity contribution in [2.45, 2.75) is 12.5 Å². The molecule has 1 saturated heterocycles. The Morgan fingerprint density at radius 1 is 1.23 bits per heavy atom. The normalized spacial score (nSPS) is 20.7. The number of amides is 1. The van der Waals surface area contributed by atoms with E-state index >= 15 is 0 Å². The van der Waals surface area contributed by atoms with Gasteiger partial charge in [0, 0.05) is 37.7 Å². The topological polar surface area (TPSA) is 74.4 Å². The molecule has 1 amide bonds. The van der Waals surface area contributed by atoms with E-state index in [9.17, 15) is 9.18 Å². The van der Waals surface area contributed by atoms with Crippen LogP contribution in [0.3, 0.4) is 0 Å². The zero-order valence-corrected chi connectivity index (χ0v) is 20.2. The number of likely N-dealkylation sites (N-methyl/N-ethyl adjacent to an activating group) is 1. The maximum Gasteiger partial charge on any atom is 0.279 e. The van der Waals surface area contributed by atoms with Crippen molar-refractivity contribution < 1.29 is 13.9 Å². The van der Waals surface area contributed by atoms with Crippen LogP contribution in [0, 0.1) is 5.82 Å². The van der Waals surface area contributed by atoms with Crippen molar-refractivity contribution in [1.82, 2.24) is 9.80 Å². The van der Waals surface area contributed by atoms with Crippen LogP contribution in [0.5, 0.6) is 5.75 Å². The van der Waals surface area contributed by atoms with Crippen LogP contribution in [0.2, 0.25) is 0 Å². The molecule has 2 aromatic carbocycles. The van der Waals surface area contributed by atoms with Crippen molar-refractivity contribution in [3.8, 4) is 5.75 Å². The van der Waals surface area contributed by atoms with Gasteiger partial charge in [-0.2, -0.15) is 4.99 Å². The first-order valence-electron chi connectivity index (χ1n) is 11.3. The number of nitrogens with two attached hydrogens (primary N) is 1. The van der Waals surface area contributed by atoms with Crippen molar-refractivity contribution >= 4 is 23.5 Å². The Balaban J connectivity index is 1.65. The van der Waals surface area contributed by atoms with Crippen LogP contribution < -0.4 is 15.4 Å². The average molecular weight is 476 g/mol. The van der Waals surface area contributed by atoms with Gasteiger partial charge in [0.05, 0.1) is 12.8 Å². The molecule has 182 valence electrons. The summed E-state index contributed by atoms with van der Waals surface area (Å²) < 4.78 is 19.2. The van der Waals surface area contributed by atoms with E-state index in [0.29, 0.717) is 30.4 Å². The number of carbonyl (C=O) groups excluding carboxylic acids is 1. The number of piperazine rings is 1. The lowest BCUT2D eigenvalue weighted by Gasteiger charge is -2.45. The molecule has 4 rings (SSSR count). The summed E-state index contributed by atoms with van der Waals surface area (Å²) in [5, 5.41) is 0. The predicted molar refractivity (Wildman–Crippen MR) is 137 cm³/mol. The molecule has 0 saturated carbocycles. The van der Waals surface area contributed by atoms with Crippen LogP contribution in [0.1, 0.15) is 18.1 Å². The second-order valence-corrected chi connectivity index (χ2v) is 8.76. The highest BCUT2D eigenvalue weighted by molar-refractivity contribution is 6.12. The molecular weight excluding hydrogens is 445 g/mol. The minimum atomic E-state index is -0.960. The van der Waals surface area contributed by atoms with Gasteiger partial charge < -0.3 is 25.2 Å². The summed E-state index contributed by atoms with van der Waals surface area (Å²) in [7, 11) is 3.58. The van der Waals surface area contributed by atoms with Gasteiger partial charge >= 0.3 is 0 Å². The lowest BCUT2D eigenvalue weighted by Crippen LogP contribution is -2.60. The molecule has 2 aliphatic rings. The molecule has 2 N–H and O–H groups in total. The first kappa shape index (κ1) is 24.2. The van der Waals surface area contributed by atoms with E-state index in [4.69, 9.17) is 10.5 Å². The number of halogens is 1. The van der Waals surface area contributed by atoms with Crippen molar-refractivity contribution in [1.29, 1.82) is 0 Å². The van der Waals surface area contributed by atoms with Gasteiger partial charge in [-0.05, 0) is 55.4 Å². The summed E-state index contributed by atoms with van der Waals surface area (Å²) in [6.45, 7) is 7.54. The van der Waals surface area contributed by atoms with Gasteiger partial charge in [-0.25, -0.2) is 4.39 Å². The fourth-order valence-electron chi connectivity index (χ4n) is 4.61. The smallest absolute Gasteiger partial charge is 0.279 e. The van der Waals surface area contributed by atoms with Gasteiger partial charge in [0.1, 0.15) is 17.4 Å². The molecule has 0 spiro atoms. The summed E-state index contributed by atoms with van der Waals surface area (Å²) in [6.07, 6.45) is 7.17. The third kappa shape index (κ3) is 4.57. The highest BCUT2D eigenvalue weighted by Crippen LogP contribution is 2.38. The first-order chi connectivity index (χ1) is 16.8.